The van der Waals surface area contributed by atoms with Crippen LogP contribution < -0.4 is 5.32 Å². The minimum absolute atomic E-state index is 0.0831. The minimum atomic E-state index is -0.384. The fourth-order valence-electron chi connectivity index (χ4n) is 2.63. The molecule has 0 unspecified atom stereocenters. The molecule has 1 saturated heterocycles. The second kappa shape index (κ2) is 7.00. The van der Waals surface area contributed by atoms with Crippen molar-refractivity contribution < 1.29 is 9.72 Å². The Kier molecular flexibility index (Phi) is 5.30. The second-order valence-electron chi connectivity index (χ2n) is 5.17. The van der Waals surface area contributed by atoms with Gasteiger partial charge in [0.05, 0.1) is 9.40 Å². The molecule has 7 heteroatoms. The minimum Gasteiger partial charge on any atom is -0.359 e. The van der Waals surface area contributed by atoms with E-state index in [0.29, 0.717) is 11.0 Å². The van der Waals surface area contributed by atoms with Gasteiger partial charge >= 0.3 is 0 Å². The number of piperidine rings is 1. The summed E-state index contributed by atoms with van der Waals surface area (Å²) in [4.78, 5) is 24.4. The van der Waals surface area contributed by atoms with Crippen LogP contribution in [0.15, 0.2) is 22.7 Å². The van der Waals surface area contributed by atoms with Gasteiger partial charge in [0.1, 0.15) is 0 Å². The van der Waals surface area contributed by atoms with E-state index in [1.54, 1.807) is 13.1 Å². The maximum atomic E-state index is 11.6. The Hall–Kier alpha value is -1.47. The van der Waals surface area contributed by atoms with Gasteiger partial charge in [-0.05, 0) is 47.4 Å². The fourth-order valence-corrected chi connectivity index (χ4v) is 3.16. The van der Waals surface area contributed by atoms with E-state index in [1.165, 1.54) is 6.07 Å². The van der Waals surface area contributed by atoms with Gasteiger partial charge in [0.25, 0.3) is 5.69 Å². The number of halogens is 1. The molecule has 0 saturated carbocycles. The van der Waals surface area contributed by atoms with Gasteiger partial charge in [0.2, 0.25) is 5.91 Å². The highest BCUT2D eigenvalue weighted by Gasteiger charge is 2.25. The third-order valence-corrected chi connectivity index (χ3v) is 4.77. The smallest absolute Gasteiger partial charge is 0.283 e. The number of hydrogen-bond acceptors (Lipinski definition) is 4. The lowest BCUT2D eigenvalue weighted by Crippen LogP contribution is -2.39. The zero-order chi connectivity index (χ0) is 15.4. The summed E-state index contributed by atoms with van der Waals surface area (Å²) in [6, 6.07) is 5.09. The third-order valence-electron chi connectivity index (χ3n) is 3.85. The highest BCUT2D eigenvalue weighted by Crippen LogP contribution is 2.30. The zero-order valence-electron chi connectivity index (χ0n) is 11.8. The number of nitro benzene ring substituents is 1. The number of carbonyl (C=O) groups is 1. The van der Waals surface area contributed by atoms with E-state index in [4.69, 9.17) is 0 Å². The van der Waals surface area contributed by atoms with Crippen LogP contribution in [0.4, 0.5) is 5.69 Å². The van der Waals surface area contributed by atoms with Crippen molar-refractivity contribution in [3.05, 3.63) is 38.3 Å². The van der Waals surface area contributed by atoms with Crippen LogP contribution in [0.5, 0.6) is 0 Å². The highest BCUT2D eigenvalue weighted by molar-refractivity contribution is 9.10. The van der Waals surface area contributed by atoms with Gasteiger partial charge in [-0.1, -0.05) is 12.1 Å². The molecule has 1 aromatic rings. The first-order valence-corrected chi connectivity index (χ1v) is 7.68. The lowest BCUT2D eigenvalue weighted by Gasteiger charge is -2.31. The van der Waals surface area contributed by atoms with Gasteiger partial charge in [-0.3, -0.25) is 19.8 Å². The summed E-state index contributed by atoms with van der Waals surface area (Å²) in [6.45, 7) is 2.31. The number of carbonyl (C=O) groups excluding carboxylic acids is 1. The summed E-state index contributed by atoms with van der Waals surface area (Å²) in [5, 5.41) is 13.6. The van der Waals surface area contributed by atoms with Crippen molar-refractivity contribution in [2.75, 3.05) is 20.1 Å². The first-order chi connectivity index (χ1) is 10.0. The van der Waals surface area contributed by atoms with Crippen LogP contribution >= 0.6 is 15.9 Å². The average molecular weight is 356 g/mol. The molecule has 1 aliphatic rings. The third kappa shape index (κ3) is 3.79. The molecule has 0 atom stereocenters. The van der Waals surface area contributed by atoms with E-state index in [-0.39, 0.29) is 22.4 Å². The lowest BCUT2D eigenvalue weighted by atomic mass is 9.95. The standard InChI is InChI=1S/C14H18BrN3O3/c1-16-14(19)10-5-7-17(8-6-10)9-11-3-2-4-12(13(11)15)18(20)21/h2-4,10H,5-9H2,1H3,(H,16,19). The van der Waals surface area contributed by atoms with Crippen LogP contribution in [0.25, 0.3) is 0 Å². The van der Waals surface area contributed by atoms with Crippen molar-refractivity contribution in [3.63, 3.8) is 0 Å². The van der Waals surface area contributed by atoms with Gasteiger partial charge in [0.15, 0.2) is 0 Å². The van der Waals surface area contributed by atoms with Crippen LogP contribution in [0.1, 0.15) is 18.4 Å². The van der Waals surface area contributed by atoms with Gasteiger partial charge in [-0.2, -0.15) is 0 Å². The summed E-state index contributed by atoms with van der Waals surface area (Å²) in [6.07, 6.45) is 1.65. The first-order valence-electron chi connectivity index (χ1n) is 6.88. The number of nitrogens with one attached hydrogen (secondary N) is 1. The Balaban J connectivity index is 1.99. The van der Waals surface area contributed by atoms with E-state index >= 15 is 0 Å². The maximum Gasteiger partial charge on any atom is 0.283 e. The Labute approximate surface area is 131 Å². The Morgan fingerprint density at radius 3 is 2.71 bits per heavy atom. The van der Waals surface area contributed by atoms with Gasteiger partial charge < -0.3 is 5.32 Å². The second-order valence-corrected chi connectivity index (χ2v) is 5.97. The molecule has 114 valence electrons. The Bertz CT molecular complexity index is 542. The van der Waals surface area contributed by atoms with Crippen molar-refractivity contribution in [1.29, 1.82) is 0 Å². The van der Waals surface area contributed by atoms with E-state index in [0.717, 1.165) is 31.5 Å². The summed E-state index contributed by atoms with van der Waals surface area (Å²) in [7, 11) is 1.66. The fraction of sp³-hybridized carbons (Fsp3) is 0.500. The highest BCUT2D eigenvalue weighted by atomic mass is 79.9. The molecular formula is C14H18BrN3O3. The van der Waals surface area contributed by atoms with Gasteiger partial charge in [-0.15, -0.1) is 0 Å². The quantitative estimate of drug-likeness (QED) is 0.664. The summed E-state index contributed by atoms with van der Waals surface area (Å²) in [5.74, 6) is 0.186. The van der Waals surface area contributed by atoms with Crippen LogP contribution in [-0.2, 0) is 11.3 Å². The maximum absolute atomic E-state index is 11.6. The predicted molar refractivity (Wildman–Crippen MR) is 82.9 cm³/mol. The molecule has 1 N–H and O–H groups in total. The number of nitrogens with zero attached hydrogens (tertiary/aromatic N) is 2. The molecule has 0 aliphatic carbocycles. The lowest BCUT2D eigenvalue weighted by molar-refractivity contribution is -0.385. The number of amides is 1. The summed E-state index contributed by atoms with van der Waals surface area (Å²) >= 11 is 3.32. The van der Waals surface area contributed by atoms with Crippen molar-refractivity contribution in [2.24, 2.45) is 5.92 Å². The van der Waals surface area contributed by atoms with E-state index in [2.05, 4.69) is 26.1 Å². The SMILES string of the molecule is CNC(=O)C1CCN(Cc2cccc([N+](=O)[O-])c2Br)CC1. The van der Waals surface area contributed by atoms with E-state index in [1.807, 2.05) is 6.07 Å². The molecule has 1 fully saturated rings. The van der Waals surface area contributed by atoms with Crippen LogP contribution in [-0.4, -0.2) is 35.9 Å². The molecule has 1 heterocycles. The van der Waals surface area contributed by atoms with Crippen LogP contribution in [0.3, 0.4) is 0 Å². The van der Waals surface area contributed by atoms with Crippen LogP contribution in [0.2, 0.25) is 0 Å². The average Bonchev–Trinajstić information content (AvgIpc) is 2.49. The van der Waals surface area contributed by atoms with E-state index in [9.17, 15) is 14.9 Å². The molecule has 2 rings (SSSR count). The molecular weight excluding hydrogens is 338 g/mol. The molecule has 6 nitrogen and oxygen atoms in total. The molecule has 0 aromatic heterocycles. The summed E-state index contributed by atoms with van der Waals surface area (Å²) < 4.78 is 0.545. The molecule has 0 bridgehead atoms. The van der Waals surface area contributed by atoms with E-state index < -0.39 is 0 Å². The molecule has 1 amide bonds. The normalized spacial score (nSPS) is 16.7. The van der Waals surface area contributed by atoms with Crippen molar-refractivity contribution in [1.82, 2.24) is 10.2 Å². The topological polar surface area (TPSA) is 75.5 Å². The van der Waals surface area contributed by atoms with Gasteiger partial charge in [-0.25, -0.2) is 0 Å². The van der Waals surface area contributed by atoms with Crippen molar-refractivity contribution in [3.8, 4) is 0 Å². The van der Waals surface area contributed by atoms with Gasteiger partial charge in [0, 0.05) is 25.6 Å². The number of nitro groups is 1. The molecule has 21 heavy (non-hydrogen) atoms. The number of likely N-dealkylation sites (tertiary alicyclic amines) is 1. The zero-order valence-corrected chi connectivity index (χ0v) is 13.4. The molecule has 0 spiro atoms. The molecule has 0 radical (unpaired) electrons. The number of rotatable bonds is 4. The molecule has 1 aromatic carbocycles. The first kappa shape index (κ1) is 15.9. The Morgan fingerprint density at radius 1 is 1.48 bits per heavy atom. The largest absolute Gasteiger partial charge is 0.359 e. The van der Waals surface area contributed by atoms with Crippen molar-refractivity contribution >= 4 is 27.5 Å². The predicted octanol–water partition coefficient (Wildman–Crippen LogP) is 2.32. The van der Waals surface area contributed by atoms with Crippen LogP contribution in [0, 0.1) is 16.0 Å². The number of benzene rings is 1. The van der Waals surface area contributed by atoms with Crippen molar-refractivity contribution in [2.45, 2.75) is 19.4 Å². The number of hydrogen-bond donors (Lipinski definition) is 1. The molecule has 1 aliphatic heterocycles. The monoisotopic (exact) mass is 355 g/mol. The summed E-state index contributed by atoms with van der Waals surface area (Å²) in [5.41, 5.74) is 0.996. The Morgan fingerprint density at radius 2 is 2.14 bits per heavy atom.